The third-order valence-corrected chi connectivity index (χ3v) is 4.84. The van der Waals surface area contributed by atoms with Crippen molar-refractivity contribution in [3.8, 4) is 11.3 Å². The highest BCUT2D eigenvalue weighted by molar-refractivity contribution is 7.08. The van der Waals surface area contributed by atoms with Gasteiger partial charge in [0.05, 0.1) is 5.69 Å². The molecule has 3 aromatic heterocycles. The molecule has 4 heterocycles. The lowest BCUT2D eigenvalue weighted by atomic mass is 10.0. The fourth-order valence-electron chi connectivity index (χ4n) is 2.96. The summed E-state index contributed by atoms with van der Waals surface area (Å²) < 4.78 is 1.54. The van der Waals surface area contributed by atoms with E-state index in [2.05, 4.69) is 31.5 Å². The summed E-state index contributed by atoms with van der Waals surface area (Å²) in [6.07, 6.45) is 4.61. The first kappa shape index (κ1) is 14.9. The predicted molar refractivity (Wildman–Crippen MR) is 89.7 cm³/mol. The van der Waals surface area contributed by atoms with Gasteiger partial charge < -0.3 is 4.90 Å². The standard InChI is InChI=1S/C16H16N6OS/c1-21-10-19-15(20-21)16(23)22-5-2-12-13(3-6-22)17-9-18-14(12)11-4-7-24-8-11/h4,7-10H,2-3,5-6H2,1H3. The third kappa shape index (κ3) is 2.69. The second-order valence-corrected chi connectivity index (χ2v) is 6.47. The van der Waals surface area contributed by atoms with E-state index in [9.17, 15) is 4.79 Å². The van der Waals surface area contributed by atoms with E-state index in [1.165, 1.54) is 0 Å². The van der Waals surface area contributed by atoms with Crippen molar-refractivity contribution in [1.29, 1.82) is 0 Å². The van der Waals surface area contributed by atoms with E-state index < -0.39 is 0 Å². The van der Waals surface area contributed by atoms with Crippen molar-refractivity contribution in [1.82, 2.24) is 29.6 Å². The number of carbonyl (C=O) groups is 1. The Bertz CT molecular complexity index is 873. The molecule has 0 saturated carbocycles. The summed E-state index contributed by atoms with van der Waals surface area (Å²) in [5, 5.41) is 8.25. The summed E-state index contributed by atoms with van der Waals surface area (Å²) >= 11 is 1.65. The van der Waals surface area contributed by atoms with Gasteiger partial charge in [-0.05, 0) is 17.9 Å². The largest absolute Gasteiger partial charge is 0.335 e. The van der Waals surface area contributed by atoms with Crippen LogP contribution >= 0.6 is 11.3 Å². The number of aromatic nitrogens is 5. The number of carbonyl (C=O) groups excluding carboxylic acids is 1. The van der Waals surface area contributed by atoms with Gasteiger partial charge in [0.25, 0.3) is 5.91 Å². The molecule has 0 fully saturated rings. The summed E-state index contributed by atoms with van der Waals surface area (Å²) in [6.45, 7) is 1.23. The summed E-state index contributed by atoms with van der Waals surface area (Å²) in [4.78, 5) is 27.4. The minimum atomic E-state index is -0.131. The highest BCUT2D eigenvalue weighted by Gasteiger charge is 2.24. The van der Waals surface area contributed by atoms with Gasteiger partial charge in [0.1, 0.15) is 12.7 Å². The molecule has 7 nitrogen and oxygen atoms in total. The summed E-state index contributed by atoms with van der Waals surface area (Å²) in [5.74, 6) is 0.112. The van der Waals surface area contributed by atoms with Crippen LogP contribution < -0.4 is 0 Å². The fourth-order valence-corrected chi connectivity index (χ4v) is 3.60. The average molecular weight is 340 g/mol. The van der Waals surface area contributed by atoms with Crippen molar-refractivity contribution in [2.75, 3.05) is 13.1 Å². The number of rotatable bonds is 2. The molecule has 122 valence electrons. The van der Waals surface area contributed by atoms with Gasteiger partial charge in [-0.2, -0.15) is 11.3 Å². The van der Waals surface area contributed by atoms with E-state index in [1.54, 1.807) is 40.6 Å². The van der Waals surface area contributed by atoms with Gasteiger partial charge in [-0.1, -0.05) is 0 Å². The summed E-state index contributed by atoms with van der Waals surface area (Å²) in [7, 11) is 1.75. The smallest absolute Gasteiger partial charge is 0.293 e. The fraction of sp³-hybridized carbons (Fsp3) is 0.312. The molecule has 1 amide bonds. The zero-order valence-corrected chi connectivity index (χ0v) is 14.0. The lowest BCUT2D eigenvalue weighted by Gasteiger charge is -2.18. The van der Waals surface area contributed by atoms with Crippen LogP contribution in [0.1, 0.15) is 21.9 Å². The van der Waals surface area contributed by atoms with Crippen molar-refractivity contribution in [3.05, 3.63) is 46.6 Å². The molecule has 0 saturated heterocycles. The van der Waals surface area contributed by atoms with Crippen LogP contribution in [0.4, 0.5) is 0 Å². The first-order chi connectivity index (χ1) is 11.7. The highest BCUT2D eigenvalue weighted by Crippen LogP contribution is 2.27. The molecule has 1 aliphatic rings. The molecule has 0 bridgehead atoms. The molecule has 24 heavy (non-hydrogen) atoms. The molecule has 4 rings (SSSR count). The first-order valence-electron chi connectivity index (χ1n) is 7.72. The van der Waals surface area contributed by atoms with Gasteiger partial charge in [-0.3, -0.25) is 9.48 Å². The molecule has 0 atom stereocenters. The van der Waals surface area contributed by atoms with Gasteiger partial charge in [0.15, 0.2) is 0 Å². The number of nitrogens with zero attached hydrogens (tertiary/aromatic N) is 6. The molecular formula is C16H16N6OS. The van der Waals surface area contributed by atoms with Crippen LogP contribution in [0, 0.1) is 0 Å². The SMILES string of the molecule is Cn1cnc(C(=O)N2CCc3ncnc(-c4ccsc4)c3CC2)n1. The lowest BCUT2D eigenvalue weighted by molar-refractivity contribution is 0.0750. The first-order valence-corrected chi connectivity index (χ1v) is 8.67. The van der Waals surface area contributed by atoms with Gasteiger partial charge in [0, 0.05) is 48.8 Å². The highest BCUT2D eigenvalue weighted by atomic mass is 32.1. The number of hydrogen-bond acceptors (Lipinski definition) is 6. The molecule has 0 spiro atoms. The Balaban J connectivity index is 1.60. The molecule has 0 aliphatic carbocycles. The van der Waals surface area contributed by atoms with E-state index >= 15 is 0 Å². The molecule has 0 aromatic carbocycles. The number of amides is 1. The second kappa shape index (κ2) is 6.12. The summed E-state index contributed by atoms with van der Waals surface area (Å²) in [6, 6.07) is 2.07. The Morgan fingerprint density at radius 2 is 2.08 bits per heavy atom. The van der Waals surface area contributed by atoms with Crippen LogP contribution in [0.3, 0.4) is 0 Å². The molecule has 8 heteroatoms. The minimum Gasteiger partial charge on any atom is -0.335 e. The van der Waals surface area contributed by atoms with E-state index in [0.717, 1.165) is 28.9 Å². The minimum absolute atomic E-state index is 0.131. The van der Waals surface area contributed by atoms with Crippen molar-refractivity contribution in [3.63, 3.8) is 0 Å². The van der Waals surface area contributed by atoms with Crippen LogP contribution in [0.15, 0.2) is 29.5 Å². The van der Waals surface area contributed by atoms with Gasteiger partial charge in [-0.25, -0.2) is 15.0 Å². The zero-order valence-electron chi connectivity index (χ0n) is 13.2. The summed E-state index contributed by atoms with van der Waals surface area (Å²) in [5.41, 5.74) is 4.26. The maximum atomic E-state index is 12.6. The van der Waals surface area contributed by atoms with Crippen molar-refractivity contribution < 1.29 is 4.79 Å². The van der Waals surface area contributed by atoms with E-state index in [4.69, 9.17) is 0 Å². The average Bonchev–Trinajstić information content (AvgIpc) is 3.22. The zero-order chi connectivity index (χ0) is 16.5. The number of hydrogen-bond donors (Lipinski definition) is 0. The van der Waals surface area contributed by atoms with Crippen LogP contribution in [-0.2, 0) is 19.9 Å². The maximum absolute atomic E-state index is 12.6. The molecule has 0 unspecified atom stereocenters. The number of aryl methyl sites for hydroxylation is 1. The third-order valence-electron chi connectivity index (χ3n) is 4.16. The molecule has 3 aromatic rings. The van der Waals surface area contributed by atoms with Crippen molar-refractivity contribution in [2.45, 2.75) is 12.8 Å². The van der Waals surface area contributed by atoms with E-state index in [0.29, 0.717) is 19.5 Å². The molecule has 0 N–H and O–H groups in total. The number of thiophene rings is 1. The maximum Gasteiger partial charge on any atom is 0.293 e. The van der Waals surface area contributed by atoms with Crippen LogP contribution in [-0.4, -0.2) is 48.6 Å². The van der Waals surface area contributed by atoms with Gasteiger partial charge in [0.2, 0.25) is 5.82 Å². The van der Waals surface area contributed by atoms with E-state index in [-0.39, 0.29) is 11.7 Å². The molecule has 0 radical (unpaired) electrons. The van der Waals surface area contributed by atoms with Crippen LogP contribution in [0.2, 0.25) is 0 Å². The van der Waals surface area contributed by atoms with Crippen molar-refractivity contribution >= 4 is 17.2 Å². The van der Waals surface area contributed by atoms with Crippen molar-refractivity contribution in [2.24, 2.45) is 7.05 Å². The Kier molecular flexibility index (Phi) is 3.81. The van der Waals surface area contributed by atoms with Gasteiger partial charge in [-0.15, -0.1) is 5.10 Å². The van der Waals surface area contributed by atoms with E-state index in [1.807, 2.05) is 5.38 Å². The Morgan fingerprint density at radius 3 is 2.83 bits per heavy atom. The lowest BCUT2D eigenvalue weighted by Crippen LogP contribution is -2.34. The quantitative estimate of drug-likeness (QED) is 0.708. The molecular weight excluding hydrogens is 324 g/mol. The Labute approximate surface area is 143 Å². The van der Waals surface area contributed by atoms with Crippen LogP contribution in [0.25, 0.3) is 11.3 Å². The number of fused-ring (bicyclic) bond motifs is 1. The Morgan fingerprint density at radius 1 is 1.21 bits per heavy atom. The van der Waals surface area contributed by atoms with Gasteiger partial charge >= 0.3 is 0 Å². The topological polar surface area (TPSA) is 76.8 Å². The monoisotopic (exact) mass is 340 g/mol. The predicted octanol–water partition coefficient (Wildman–Crippen LogP) is 1.57. The second-order valence-electron chi connectivity index (χ2n) is 5.69. The Hall–Kier alpha value is -2.61. The normalized spacial score (nSPS) is 14.3. The van der Waals surface area contributed by atoms with Crippen LogP contribution in [0.5, 0.6) is 0 Å². The molecule has 1 aliphatic heterocycles.